The molecule has 1 N–H and O–H groups in total. The second-order valence-corrected chi connectivity index (χ2v) is 7.32. The minimum Gasteiger partial charge on any atom is -0.353 e. The summed E-state index contributed by atoms with van der Waals surface area (Å²) in [4.78, 5) is 33.6. The molecule has 0 atom stereocenters. The second-order valence-electron chi connectivity index (χ2n) is 7.32. The summed E-state index contributed by atoms with van der Waals surface area (Å²) in [5.41, 5.74) is 2.96. The maximum atomic E-state index is 12.6. The van der Waals surface area contributed by atoms with Gasteiger partial charge in [-0.15, -0.1) is 0 Å². The Kier molecular flexibility index (Phi) is 5.75. The number of aromatic nitrogens is 1. The van der Waals surface area contributed by atoms with Gasteiger partial charge in [0, 0.05) is 37.3 Å². The molecular formula is C24H24N4O2. The number of carbonyl (C=O) groups is 2. The standard InChI is InChI=1S/C24H24N4O2/c1-18-7-5-6-10-21(18)23(29)26-20-11-12-22(25-17-20)27-13-15-28(16-14-27)24(30)19-8-3-2-4-9-19/h2-12,17H,13-16H2,1H3,(H,26,29). The van der Waals surface area contributed by atoms with Crippen LogP contribution in [-0.2, 0) is 0 Å². The highest BCUT2D eigenvalue weighted by molar-refractivity contribution is 6.05. The van der Waals surface area contributed by atoms with Crippen LogP contribution in [0.3, 0.4) is 0 Å². The molecule has 2 heterocycles. The van der Waals surface area contributed by atoms with Crippen molar-refractivity contribution in [2.75, 3.05) is 36.4 Å². The molecule has 2 amide bonds. The van der Waals surface area contributed by atoms with Crippen LogP contribution in [0.5, 0.6) is 0 Å². The van der Waals surface area contributed by atoms with Crippen LogP contribution in [0.4, 0.5) is 11.5 Å². The van der Waals surface area contributed by atoms with Crippen LogP contribution in [0.25, 0.3) is 0 Å². The number of aryl methyl sites for hydroxylation is 1. The first-order chi connectivity index (χ1) is 14.6. The van der Waals surface area contributed by atoms with Crippen molar-refractivity contribution < 1.29 is 9.59 Å². The van der Waals surface area contributed by atoms with Gasteiger partial charge in [0.25, 0.3) is 11.8 Å². The Balaban J connectivity index is 1.34. The van der Waals surface area contributed by atoms with Gasteiger partial charge in [-0.3, -0.25) is 9.59 Å². The van der Waals surface area contributed by atoms with E-state index in [1.54, 1.807) is 6.20 Å². The lowest BCUT2D eigenvalue weighted by Gasteiger charge is -2.35. The van der Waals surface area contributed by atoms with Crippen LogP contribution in [-0.4, -0.2) is 47.9 Å². The summed E-state index contributed by atoms with van der Waals surface area (Å²) < 4.78 is 0. The number of carbonyl (C=O) groups excluding carboxylic acids is 2. The van der Waals surface area contributed by atoms with Crippen molar-refractivity contribution in [3.8, 4) is 0 Å². The SMILES string of the molecule is Cc1ccccc1C(=O)Nc1ccc(N2CCN(C(=O)c3ccccc3)CC2)nc1. The van der Waals surface area contributed by atoms with E-state index < -0.39 is 0 Å². The van der Waals surface area contributed by atoms with Crippen LogP contribution >= 0.6 is 0 Å². The maximum absolute atomic E-state index is 12.6. The van der Waals surface area contributed by atoms with Gasteiger partial charge in [0.2, 0.25) is 0 Å². The lowest BCUT2D eigenvalue weighted by molar-refractivity contribution is 0.0746. The molecule has 0 spiro atoms. The Bertz CT molecular complexity index is 1030. The molecule has 0 radical (unpaired) electrons. The van der Waals surface area contributed by atoms with E-state index in [1.165, 1.54) is 0 Å². The minimum absolute atomic E-state index is 0.0671. The normalized spacial score (nSPS) is 13.8. The Morgan fingerprint density at radius 1 is 0.867 bits per heavy atom. The van der Waals surface area contributed by atoms with E-state index >= 15 is 0 Å². The maximum Gasteiger partial charge on any atom is 0.255 e. The van der Waals surface area contributed by atoms with Crippen molar-refractivity contribution in [3.63, 3.8) is 0 Å². The van der Waals surface area contributed by atoms with E-state index in [4.69, 9.17) is 0 Å². The van der Waals surface area contributed by atoms with E-state index in [2.05, 4.69) is 15.2 Å². The molecule has 1 aliphatic heterocycles. The third kappa shape index (κ3) is 4.33. The van der Waals surface area contributed by atoms with Crippen LogP contribution in [0.1, 0.15) is 26.3 Å². The summed E-state index contributed by atoms with van der Waals surface area (Å²) >= 11 is 0. The third-order valence-corrected chi connectivity index (χ3v) is 5.31. The van der Waals surface area contributed by atoms with Gasteiger partial charge in [-0.2, -0.15) is 0 Å². The second kappa shape index (κ2) is 8.78. The molecular weight excluding hydrogens is 376 g/mol. The highest BCUT2D eigenvalue weighted by atomic mass is 16.2. The lowest BCUT2D eigenvalue weighted by atomic mass is 10.1. The molecule has 1 aliphatic rings. The predicted molar refractivity (Wildman–Crippen MR) is 118 cm³/mol. The van der Waals surface area contributed by atoms with Crippen molar-refractivity contribution in [3.05, 3.63) is 89.6 Å². The Hall–Kier alpha value is -3.67. The number of benzene rings is 2. The van der Waals surface area contributed by atoms with Gasteiger partial charge < -0.3 is 15.1 Å². The first kappa shape index (κ1) is 19.6. The molecule has 0 aliphatic carbocycles. The Morgan fingerprint density at radius 3 is 2.23 bits per heavy atom. The summed E-state index contributed by atoms with van der Waals surface area (Å²) in [5.74, 6) is 0.767. The average molecular weight is 400 g/mol. The summed E-state index contributed by atoms with van der Waals surface area (Å²) in [5, 5.41) is 2.90. The molecule has 0 saturated carbocycles. The molecule has 1 aromatic heterocycles. The van der Waals surface area contributed by atoms with Crippen LogP contribution < -0.4 is 10.2 Å². The number of hydrogen-bond donors (Lipinski definition) is 1. The molecule has 2 aromatic carbocycles. The predicted octanol–water partition coefficient (Wildman–Crippen LogP) is 3.60. The molecule has 152 valence electrons. The van der Waals surface area contributed by atoms with Gasteiger partial charge in [0.05, 0.1) is 11.9 Å². The summed E-state index contributed by atoms with van der Waals surface area (Å²) in [6.45, 7) is 4.67. The number of amides is 2. The van der Waals surface area contributed by atoms with Crippen LogP contribution in [0.15, 0.2) is 72.9 Å². The van der Waals surface area contributed by atoms with Gasteiger partial charge in [-0.25, -0.2) is 4.98 Å². The molecule has 0 unspecified atom stereocenters. The monoisotopic (exact) mass is 400 g/mol. The van der Waals surface area contributed by atoms with Gasteiger partial charge in [-0.05, 0) is 42.8 Å². The zero-order chi connectivity index (χ0) is 20.9. The number of hydrogen-bond acceptors (Lipinski definition) is 4. The highest BCUT2D eigenvalue weighted by Gasteiger charge is 2.22. The van der Waals surface area contributed by atoms with Gasteiger partial charge in [0.1, 0.15) is 5.82 Å². The van der Waals surface area contributed by atoms with Crippen molar-refractivity contribution >= 4 is 23.3 Å². The van der Waals surface area contributed by atoms with E-state index in [0.717, 1.165) is 30.0 Å². The third-order valence-electron chi connectivity index (χ3n) is 5.31. The molecule has 4 rings (SSSR count). The van der Waals surface area contributed by atoms with E-state index in [9.17, 15) is 9.59 Å². The zero-order valence-corrected chi connectivity index (χ0v) is 16.9. The highest BCUT2D eigenvalue weighted by Crippen LogP contribution is 2.18. The first-order valence-corrected chi connectivity index (χ1v) is 10.0. The summed E-state index contributed by atoms with van der Waals surface area (Å²) in [6.07, 6.45) is 1.67. The molecule has 6 heteroatoms. The first-order valence-electron chi connectivity index (χ1n) is 10.0. The van der Waals surface area contributed by atoms with Crippen LogP contribution in [0.2, 0.25) is 0 Å². The van der Waals surface area contributed by atoms with Gasteiger partial charge in [0.15, 0.2) is 0 Å². The fraction of sp³-hybridized carbons (Fsp3) is 0.208. The largest absolute Gasteiger partial charge is 0.353 e. The van der Waals surface area contributed by atoms with Gasteiger partial charge >= 0.3 is 0 Å². The molecule has 1 fully saturated rings. The molecule has 30 heavy (non-hydrogen) atoms. The van der Waals surface area contributed by atoms with Crippen molar-refractivity contribution in [2.45, 2.75) is 6.92 Å². The number of piperazine rings is 1. The number of nitrogens with one attached hydrogen (secondary N) is 1. The van der Waals surface area contributed by atoms with Gasteiger partial charge in [-0.1, -0.05) is 36.4 Å². The number of rotatable bonds is 4. The average Bonchev–Trinajstić information content (AvgIpc) is 2.80. The summed E-state index contributed by atoms with van der Waals surface area (Å²) in [6, 6.07) is 20.6. The van der Waals surface area contributed by atoms with E-state index in [1.807, 2.05) is 78.6 Å². The van der Waals surface area contributed by atoms with E-state index in [0.29, 0.717) is 24.3 Å². The van der Waals surface area contributed by atoms with E-state index in [-0.39, 0.29) is 11.8 Å². The number of nitrogens with zero attached hydrogens (tertiary/aromatic N) is 3. The van der Waals surface area contributed by atoms with Crippen molar-refractivity contribution in [1.29, 1.82) is 0 Å². The molecule has 0 bridgehead atoms. The minimum atomic E-state index is -0.143. The summed E-state index contributed by atoms with van der Waals surface area (Å²) in [7, 11) is 0. The number of pyridine rings is 1. The van der Waals surface area contributed by atoms with Crippen molar-refractivity contribution in [2.24, 2.45) is 0 Å². The smallest absolute Gasteiger partial charge is 0.255 e. The topological polar surface area (TPSA) is 65.5 Å². The Labute approximate surface area is 176 Å². The fourth-order valence-electron chi connectivity index (χ4n) is 3.58. The number of anilines is 2. The van der Waals surface area contributed by atoms with Crippen molar-refractivity contribution in [1.82, 2.24) is 9.88 Å². The fourth-order valence-corrected chi connectivity index (χ4v) is 3.58. The lowest BCUT2D eigenvalue weighted by Crippen LogP contribution is -2.49. The molecule has 6 nitrogen and oxygen atoms in total. The van der Waals surface area contributed by atoms with Crippen LogP contribution in [0, 0.1) is 6.92 Å². The quantitative estimate of drug-likeness (QED) is 0.727. The molecule has 3 aromatic rings. The Morgan fingerprint density at radius 2 is 1.57 bits per heavy atom. The molecule has 1 saturated heterocycles. The zero-order valence-electron chi connectivity index (χ0n) is 16.9.